The van der Waals surface area contributed by atoms with Crippen molar-refractivity contribution < 1.29 is 26.3 Å². The van der Waals surface area contributed by atoms with Crippen LogP contribution in [0.25, 0.3) is 0 Å². The van der Waals surface area contributed by atoms with Crippen molar-refractivity contribution >= 4 is 11.6 Å². The maximum absolute atomic E-state index is 12.7. The Morgan fingerprint density at radius 1 is 0.923 bits per heavy atom. The minimum atomic E-state index is -4.98. The summed E-state index contributed by atoms with van der Waals surface area (Å²) in [7, 11) is 0. The fraction of sp³-hybridized carbons (Fsp3) is 0.667. The topological polar surface area (TPSA) is 0 Å². The lowest BCUT2D eigenvalue weighted by Gasteiger charge is -2.54. The third kappa shape index (κ3) is 0.719. The van der Waals surface area contributed by atoms with Crippen LogP contribution in [0.1, 0.15) is 0 Å². The van der Waals surface area contributed by atoms with E-state index in [1.54, 1.807) is 0 Å². The molecule has 1 aliphatic carbocycles. The Kier molecular flexibility index (Phi) is 1.77. The Balaban J connectivity index is 3.26. The summed E-state index contributed by atoms with van der Waals surface area (Å²) >= 11 is 4.20. The molecule has 0 saturated heterocycles. The van der Waals surface area contributed by atoms with Crippen molar-refractivity contribution in [1.82, 2.24) is 0 Å². The van der Waals surface area contributed by atoms with E-state index in [2.05, 4.69) is 18.2 Å². The monoisotopic (exact) mass is 224 g/mol. The normalized spacial score (nSPS) is 46.7. The summed E-state index contributed by atoms with van der Waals surface area (Å²) in [6, 6.07) is 0. The van der Waals surface area contributed by atoms with Crippen LogP contribution >= 0.6 is 11.6 Å². The predicted molar refractivity (Wildman–Crippen MR) is 33.6 cm³/mol. The van der Waals surface area contributed by atoms with Crippen LogP contribution in [0.5, 0.6) is 0 Å². The summed E-state index contributed by atoms with van der Waals surface area (Å²) in [6.45, 7) is 2.45. The molecule has 1 fully saturated rings. The quantitative estimate of drug-likeness (QED) is 0.365. The SMILES string of the molecule is C=CC1(F)C(F)(F)C(F)(Cl)C1(F)F. The Morgan fingerprint density at radius 3 is 1.38 bits per heavy atom. The zero-order chi connectivity index (χ0) is 10.7. The average Bonchev–Trinajstić information content (AvgIpc) is 2.00. The molecule has 13 heavy (non-hydrogen) atoms. The van der Waals surface area contributed by atoms with Crippen molar-refractivity contribution in [3.8, 4) is 0 Å². The second kappa shape index (κ2) is 2.16. The summed E-state index contributed by atoms with van der Waals surface area (Å²) in [4.78, 5) is 0. The second-order valence-electron chi connectivity index (χ2n) is 2.64. The summed E-state index contributed by atoms with van der Waals surface area (Å²) in [5, 5.41) is -4.69. The highest BCUT2D eigenvalue weighted by atomic mass is 35.5. The highest BCUT2D eigenvalue weighted by molar-refractivity contribution is 6.25. The van der Waals surface area contributed by atoms with Gasteiger partial charge in [-0.3, -0.25) is 0 Å². The third-order valence-corrected chi connectivity index (χ3v) is 2.46. The first-order chi connectivity index (χ1) is 5.56. The lowest BCUT2D eigenvalue weighted by atomic mass is 9.71. The standard InChI is InChI=1S/C6H3ClF6/c1-2-3(8)5(10,11)4(7,9)6(3,12)13/h2H,1H2. The number of alkyl halides is 7. The van der Waals surface area contributed by atoms with E-state index < -0.39 is 22.6 Å². The van der Waals surface area contributed by atoms with E-state index >= 15 is 0 Å². The van der Waals surface area contributed by atoms with E-state index in [1.165, 1.54) is 0 Å². The van der Waals surface area contributed by atoms with Gasteiger partial charge in [-0.2, -0.15) is 17.6 Å². The van der Waals surface area contributed by atoms with Crippen LogP contribution < -0.4 is 0 Å². The number of halogens is 7. The van der Waals surface area contributed by atoms with Crippen molar-refractivity contribution in [2.75, 3.05) is 0 Å². The van der Waals surface area contributed by atoms with Gasteiger partial charge in [-0.05, 0) is 6.08 Å². The molecule has 0 radical (unpaired) electrons. The third-order valence-electron chi connectivity index (χ3n) is 1.98. The number of allylic oxidation sites excluding steroid dienone is 1. The number of rotatable bonds is 1. The number of hydrogen-bond acceptors (Lipinski definition) is 0. The lowest BCUT2D eigenvalue weighted by Crippen LogP contribution is -2.83. The smallest absolute Gasteiger partial charge is 0.225 e. The van der Waals surface area contributed by atoms with Crippen LogP contribution in [0.2, 0.25) is 0 Å². The first-order valence-electron chi connectivity index (χ1n) is 3.02. The molecule has 0 bridgehead atoms. The van der Waals surface area contributed by atoms with Gasteiger partial charge in [0.25, 0.3) is 5.67 Å². The van der Waals surface area contributed by atoms with E-state index in [-0.39, 0.29) is 6.08 Å². The van der Waals surface area contributed by atoms with Crippen LogP contribution in [0.15, 0.2) is 12.7 Å². The average molecular weight is 225 g/mol. The zero-order valence-corrected chi connectivity index (χ0v) is 6.69. The molecule has 0 aliphatic heterocycles. The van der Waals surface area contributed by atoms with Gasteiger partial charge in [-0.25, -0.2) is 8.78 Å². The van der Waals surface area contributed by atoms with E-state index in [1.807, 2.05) is 0 Å². The van der Waals surface area contributed by atoms with Gasteiger partial charge in [-0.15, -0.1) is 0 Å². The van der Waals surface area contributed by atoms with Gasteiger partial charge in [0, 0.05) is 0 Å². The van der Waals surface area contributed by atoms with Crippen molar-refractivity contribution in [1.29, 1.82) is 0 Å². The van der Waals surface area contributed by atoms with E-state index in [0.29, 0.717) is 0 Å². The maximum Gasteiger partial charge on any atom is 0.344 e. The van der Waals surface area contributed by atoms with Gasteiger partial charge in [0.15, 0.2) is 0 Å². The molecule has 0 atom stereocenters. The molecule has 1 aliphatic rings. The summed E-state index contributed by atoms with van der Waals surface area (Å²) in [6.07, 6.45) is -0.340. The van der Waals surface area contributed by atoms with Gasteiger partial charge in [0.1, 0.15) is 0 Å². The molecule has 76 valence electrons. The minimum absolute atomic E-state index is 0.340. The first-order valence-corrected chi connectivity index (χ1v) is 3.40. The molecule has 0 heterocycles. The minimum Gasteiger partial charge on any atom is -0.225 e. The molecule has 1 rings (SSSR count). The fourth-order valence-corrected chi connectivity index (χ4v) is 1.32. The molecule has 0 unspecified atom stereocenters. The Morgan fingerprint density at radius 2 is 1.23 bits per heavy atom. The van der Waals surface area contributed by atoms with Gasteiger partial charge in [-0.1, -0.05) is 18.2 Å². The van der Waals surface area contributed by atoms with Gasteiger partial charge in [0.05, 0.1) is 0 Å². The largest absolute Gasteiger partial charge is 0.344 e. The molecular weight excluding hydrogens is 222 g/mol. The van der Waals surface area contributed by atoms with Crippen LogP contribution in [0.4, 0.5) is 26.3 Å². The molecule has 0 nitrogen and oxygen atoms in total. The van der Waals surface area contributed by atoms with Crippen molar-refractivity contribution in [3.05, 3.63) is 12.7 Å². The molecular formula is C6H3ClF6. The summed E-state index contributed by atoms with van der Waals surface area (Å²) in [5.74, 6) is -9.96. The van der Waals surface area contributed by atoms with E-state index in [0.717, 1.165) is 0 Å². The molecule has 0 aromatic carbocycles. The van der Waals surface area contributed by atoms with Crippen molar-refractivity contribution in [2.24, 2.45) is 0 Å². The van der Waals surface area contributed by atoms with Gasteiger partial charge < -0.3 is 0 Å². The predicted octanol–water partition coefficient (Wildman–Crippen LogP) is 3.07. The highest BCUT2D eigenvalue weighted by Gasteiger charge is 2.97. The van der Waals surface area contributed by atoms with Crippen LogP contribution in [0.3, 0.4) is 0 Å². The molecule has 0 aromatic rings. The van der Waals surface area contributed by atoms with Gasteiger partial charge in [0.2, 0.25) is 0 Å². The Bertz CT molecular complexity index is 240. The fourth-order valence-electron chi connectivity index (χ4n) is 1.05. The molecule has 0 N–H and O–H groups in total. The first kappa shape index (κ1) is 10.7. The molecule has 1 saturated carbocycles. The van der Waals surface area contributed by atoms with Gasteiger partial charge >= 0.3 is 17.0 Å². The molecule has 0 spiro atoms. The van der Waals surface area contributed by atoms with Crippen LogP contribution in [-0.2, 0) is 0 Å². The lowest BCUT2D eigenvalue weighted by molar-refractivity contribution is -0.388. The Labute approximate surface area is 74.2 Å². The molecule has 0 amide bonds. The summed E-state index contributed by atoms with van der Waals surface area (Å²) in [5.41, 5.74) is -4.42. The summed E-state index contributed by atoms with van der Waals surface area (Å²) < 4.78 is 74.9. The van der Waals surface area contributed by atoms with Crippen molar-refractivity contribution in [2.45, 2.75) is 22.6 Å². The molecule has 0 aromatic heterocycles. The Hall–Kier alpha value is -0.390. The van der Waals surface area contributed by atoms with Crippen LogP contribution in [0, 0.1) is 0 Å². The molecule has 7 heteroatoms. The van der Waals surface area contributed by atoms with Crippen molar-refractivity contribution in [3.63, 3.8) is 0 Å². The second-order valence-corrected chi connectivity index (χ2v) is 3.16. The van der Waals surface area contributed by atoms with Crippen LogP contribution in [-0.4, -0.2) is 22.6 Å². The highest BCUT2D eigenvalue weighted by Crippen LogP contribution is 2.70. The maximum atomic E-state index is 12.7. The van der Waals surface area contributed by atoms with E-state index in [4.69, 9.17) is 0 Å². The number of hydrogen-bond donors (Lipinski definition) is 0. The van der Waals surface area contributed by atoms with E-state index in [9.17, 15) is 26.3 Å². The zero-order valence-electron chi connectivity index (χ0n) is 5.93.